The van der Waals surface area contributed by atoms with Gasteiger partial charge in [-0.05, 0) is 104 Å². The van der Waals surface area contributed by atoms with Gasteiger partial charge in [-0.3, -0.25) is 14.3 Å². The van der Waals surface area contributed by atoms with Crippen molar-refractivity contribution in [1.82, 2.24) is 9.78 Å². The lowest BCUT2D eigenvalue weighted by Gasteiger charge is -2.46. The van der Waals surface area contributed by atoms with Crippen molar-refractivity contribution in [2.75, 3.05) is 51.2 Å². The van der Waals surface area contributed by atoms with Gasteiger partial charge in [0.2, 0.25) is 0 Å². The van der Waals surface area contributed by atoms with Crippen LogP contribution in [0.25, 0.3) is 0 Å². The molecule has 55 heavy (non-hydrogen) atoms. The summed E-state index contributed by atoms with van der Waals surface area (Å²) in [6.07, 6.45) is 11.3. The molecule has 2 aliphatic carbocycles. The van der Waals surface area contributed by atoms with E-state index < -0.39 is 21.5 Å². The number of amides is 2. The number of carbonyl (C=O) groups is 2. The maximum absolute atomic E-state index is 14.6. The summed E-state index contributed by atoms with van der Waals surface area (Å²) in [7, 11) is 1.49. The van der Waals surface area contributed by atoms with Gasteiger partial charge in [0.25, 0.3) is 11.8 Å². The largest absolute Gasteiger partial charge is 0.490 e. The molecule has 6 atom stereocenters. The van der Waals surface area contributed by atoms with E-state index in [0.717, 1.165) is 54.9 Å². The fourth-order valence-electron chi connectivity index (χ4n) is 8.53. The molecule has 1 unspecified atom stereocenters. The molecular formula is C42H48ClN5O6S. The summed E-state index contributed by atoms with van der Waals surface area (Å²) in [5.41, 5.74) is 4.75. The molecule has 13 heteroatoms. The summed E-state index contributed by atoms with van der Waals surface area (Å²) in [5, 5.41) is 4.99. The highest BCUT2D eigenvalue weighted by Crippen LogP contribution is 2.47. The van der Waals surface area contributed by atoms with Crippen molar-refractivity contribution >= 4 is 44.4 Å². The average molecular weight is 786 g/mol. The molecule has 1 saturated carbocycles. The Hall–Kier alpha value is -4.28. The third-order valence-corrected chi connectivity index (χ3v) is 13.5. The molecule has 0 radical (unpaired) electrons. The van der Waals surface area contributed by atoms with Crippen molar-refractivity contribution in [2.24, 2.45) is 34.2 Å². The Morgan fingerprint density at radius 2 is 2.07 bits per heavy atom. The number of hydrogen-bond donors (Lipinski definition) is 0. The molecule has 290 valence electrons. The Balaban J connectivity index is 1.28. The number of aryl methyl sites for hydroxylation is 2. The number of hydrogen-bond acceptors (Lipinski definition) is 8. The van der Waals surface area contributed by atoms with Crippen LogP contribution in [-0.4, -0.2) is 83.7 Å². The highest BCUT2D eigenvalue weighted by atomic mass is 35.5. The number of carbonyl (C=O) groups excluding carboxylic acids is 2. The zero-order valence-corrected chi connectivity index (χ0v) is 33.4. The van der Waals surface area contributed by atoms with Gasteiger partial charge >= 0.3 is 0 Å². The number of halogens is 1. The standard InChI is InChI=1S/C42H48ClN5O6S/c1-28-8-5-11-38(53-4)33-15-12-31(33)22-48-25-42(18-6-9-29-20-32(43)14-16-35(29)42)26-54-39-17-13-30(21-37(39)48)40(49)46-55(51,24-28)27-44-41(50)34-23-47(2)45-36(34)10-7-19-52-3/h5,11,13-14,16-17,20-21,23,27-28,31,33,38H,6,8-9,12,15,18-19,22,24-26H2,1-4H3/b11-5+,44-27?/t28-,31-,33+,38-,42-,55?/m0/s1. The number of ether oxygens (including phenoxy) is 3. The molecule has 3 aromatic rings. The van der Waals surface area contributed by atoms with E-state index in [2.05, 4.69) is 55.5 Å². The molecule has 0 N–H and O–H groups in total. The van der Waals surface area contributed by atoms with Crippen LogP contribution in [0, 0.1) is 29.6 Å². The predicted octanol–water partition coefficient (Wildman–Crippen LogP) is 6.66. The molecule has 2 aliphatic heterocycles. The Morgan fingerprint density at radius 3 is 2.85 bits per heavy atom. The summed E-state index contributed by atoms with van der Waals surface area (Å²) in [5.74, 6) is 5.55. The van der Waals surface area contributed by atoms with Crippen molar-refractivity contribution < 1.29 is 28.0 Å². The third kappa shape index (κ3) is 8.46. The number of anilines is 1. The van der Waals surface area contributed by atoms with Gasteiger partial charge in [-0.25, -0.2) is 9.20 Å². The van der Waals surface area contributed by atoms with Gasteiger partial charge in [-0.15, -0.1) is 0 Å². The van der Waals surface area contributed by atoms with Crippen LogP contribution < -0.4 is 9.64 Å². The maximum atomic E-state index is 14.6. The topological polar surface area (TPSA) is 125 Å². The second-order valence-corrected chi connectivity index (χ2v) is 17.9. The van der Waals surface area contributed by atoms with Crippen LogP contribution in [-0.2, 0) is 38.1 Å². The van der Waals surface area contributed by atoms with E-state index in [9.17, 15) is 13.8 Å². The predicted molar refractivity (Wildman–Crippen MR) is 215 cm³/mol. The number of aliphatic imine (C=N–C) groups is 1. The number of nitrogens with zero attached hydrogens (tertiary/aromatic N) is 5. The lowest BCUT2D eigenvalue weighted by atomic mass is 9.68. The number of rotatable bonds is 4. The molecule has 11 nitrogen and oxygen atoms in total. The van der Waals surface area contributed by atoms with E-state index in [1.54, 1.807) is 20.2 Å². The first-order chi connectivity index (χ1) is 26.5. The van der Waals surface area contributed by atoms with Gasteiger partial charge in [0.05, 0.1) is 33.7 Å². The van der Waals surface area contributed by atoms with Crippen molar-refractivity contribution in [3.63, 3.8) is 0 Å². The number of benzene rings is 2. The molecular weight excluding hydrogens is 738 g/mol. The molecule has 1 spiro atoms. The first-order valence-corrected chi connectivity index (χ1v) is 21.0. The van der Waals surface area contributed by atoms with E-state index in [4.69, 9.17) is 25.8 Å². The monoisotopic (exact) mass is 785 g/mol. The van der Waals surface area contributed by atoms with Crippen molar-refractivity contribution in [3.8, 4) is 17.6 Å². The first kappa shape index (κ1) is 39.0. The van der Waals surface area contributed by atoms with Gasteiger partial charge in [0, 0.05) is 62.3 Å². The molecule has 2 amide bonds. The molecule has 7 rings (SSSR count). The quantitative estimate of drug-likeness (QED) is 0.125. The van der Waals surface area contributed by atoms with Gasteiger partial charge < -0.3 is 19.1 Å². The smallest absolute Gasteiger partial charge is 0.285 e. The number of fused-ring (bicyclic) bond motifs is 4. The lowest BCUT2D eigenvalue weighted by molar-refractivity contribution is 0.0131. The second kappa shape index (κ2) is 16.4. The van der Waals surface area contributed by atoms with Crippen LogP contribution >= 0.6 is 11.6 Å². The van der Waals surface area contributed by atoms with Crippen molar-refractivity contribution in [3.05, 3.63) is 87.7 Å². The maximum Gasteiger partial charge on any atom is 0.285 e. The van der Waals surface area contributed by atoms with Crippen LogP contribution in [0.1, 0.15) is 76.6 Å². The zero-order valence-electron chi connectivity index (χ0n) is 31.8. The normalized spacial score (nSPS) is 28.5. The van der Waals surface area contributed by atoms with Gasteiger partial charge in [-0.2, -0.15) is 9.46 Å². The number of allylic oxidation sites excluding steroid dienone is 1. The summed E-state index contributed by atoms with van der Waals surface area (Å²) >= 11 is 6.47. The Labute approximate surface area is 328 Å². The van der Waals surface area contributed by atoms with Gasteiger partial charge in [0.15, 0.2) is 0 Å². The van der Waals surface area contributed by atoms with Crippen LogP contribution in [0.5, 0.6) is 5.75 Å². The Kier molecular flexibility index (Phi) is 11.7. The SMILES string of the molecule is COCC#Cc1nn(C)cc1C(=O)N=CS1(=O)=NC(=O)c2ccc3c(c2)N(C[C@@H]2CC[C@H]2[C@@H](OC)/C=C/C[C@H](C)C1)C[C@@]1(CCCc2cc(Cl)ccc21)CO3. The molecule has 1 fully saturated rings. The van der Waals surface area contributed by atoms with Gasteiger partial charge in [-0.1, -0.05) is 42.7 Å². The number of aromatic nitrogens is 2. The molecule has 4 aliphatic rings. The summed E-state index contributed by atoms with van der Waals surface area (Å²) in [4.78, 5) is 33.9. The molecule has 0 saturated heterocycles. The Bertz CT molecular complexity index is 2210. The lowest BCUT2D eigenvalue weighted by Crippen LogP contribution is -2.49. The minimum Gasteiger partial charge on any atom is -0.490 e. The number of methoxy groups -OCH3 is 2. The summed E-state index contributed by atoms with van der Waals surface area (Å²) in [6.45, 7) is 4.08. The minimum absolute atomic E-state index is 0.0171. The fourth-order valence-corrected chi connectivity index (χ4v) is 10.5. The molecule has 2 bridgehead atoms. The second-order valence-electron chi connectivity index (χ2n) is 15.4. The summed E-state index contributed by atoms with van der Waals surface area (Å²) < 4.78 is 38.2. The zero-order chi connectivity index (χ0) is 38.7. The van der Waals surface area contributed by atoms with E-state index >= 15 is 0 Å². The van der Waals surface area contributed by atoms with E-state index in [0.29, 0.717) is 37.2 Å². The van der Waals surface area contributed by atoms with Crippen LogP contribution in [0.4, 0.5) is 5.69 Å². The molecule has 2 aromatic carbocycles. The van der Waals surface area contributed by atoms with Crippen molar-refractivity contribution in [2.45, 2.75) is 57.0 Å². The molecule has 1 aromatic heterocycles. The average Bonchev–Trinajstić information content (AvgIpc) is 3.45. The van der Waals surface area contributed by atoms with Crippen LogP contribution in [0.3, 0.4) is 0 Å². The van der Waals surface area contributed by atoms with Crippen LogP contribution in [0.2, 0.25) is 5.02 Å². The first-order valence-electron chi connectivity index (χ1n) is 18.9. The molecule has 3 heterocycles. The van der Waals surface area contributed by atoms with Crippen LogP contribution in [0.15, 0.2) is 64.1 Å². The fraction of sp³-hybridized carbons (Fsp3) is 0.476. The Morgan fingerprint density at radius 1 is 1.22 bits per heavy atom. The highest BCUT2D eigenvalue weighted by molar-refractivity contribution is 8.06. The van der Waals surface area contributed by atoms with E-state index in [-0.39, 0.29) is 46.6 Å². The van der Waals surface area contributed by atoms with E-state index in [1.165, 1.54) is 29.1 Å². The highest BCUT2D eigenvalue weighted by Gasteiger charge is 2.44. The summed E-state index contributed by atoms with van der Waals surface area (Å²) in [6, 6.07) is 11.5. The minimum atomic E-state index is -3.46. The van der Waals surface area contributed by atoms with E-state index in [1.807, 2.05) is 25.1 Å². The third-order valence-electron chi connectivity index (χ3n) is 11.4. The van der Waals surface area contributed by atoms with Crippen molar-refractivity contribution in [1.29, 1.82) is 0 Å². The van der Waals surface area contributed by atoms with Gasteiger partial charge in [0.1, 0.15) is 23.6 Å².